The van der Waals surface area contributed by atoms with Crippen LogP contribution in [0.2, 0.25) is 0 Å². The Labute approximate surface area is 139 Å². The summed E-state index contributed by atoms with van der Waals surface area (Å²) in [6.07, 6.45) is 1.40. The number of aliphatic hydroxyl groups excluding tert-OH is 1. The number of carbonyl (C=O) groups excluding carboxylic acids is 1. The van der Waals surface area contributed by atoms with Crippen molar-refractivity contribution in [3.63, 3.8) is 0 Å². The Morgan fingerprint density at radius 1 is 1.42 bits per heavy atom. The number of benzene rings is 1. The zero-order valence-corrected chi connectivity index (χ0v) is 13.5. The third kappa shape index (κ3) is 3.79. The molecule has 0 unspecified atom stereocenters. The van der Waals surface area contributed by atoms with E-state index in [2.05, 4.69) is 10.1 Å². The van der Waals surface area contributed by atoms with Gasteiger partial charge in [-0.05, 0) is 37.5 Å². The summed E-state index contributed by atoms with van der Waals surface area (Å²) in [5.74, 6) is 0.759. The van der Waals surface area contributed by atoms with Gasteiger partial charge in [-0.15, -0.1) is 0 Å². The maximum Gasteiger partial charge on any atom is 0.226 e. The summed E-state index contributed by atoms with van der Waals surface area (Å²) in [5, 5.41) is 13.7. The third-order valence-corrected chi connectivity index (χ3v) is 4.21. The average Bonchev–Trinajstić information content (AvgIpc) is 3.14. The van der Waals surface area contributed by atoms with Crippen LogP contribution in [0.25, 0.3) is 0 Å². The number of carbonyl (C=O) groups is 1. The lowest BCUT2D eigenvalue weighted by Gasteiger charge is -2.24. The molecule has 128 valence electrons. The second-order valence-corrected chi connectivity index (χ2v) is 6.09. The molecular weight excluding hydrogens is 313 g/mol. The summed E-state index contributed by atoms with van der Waals surface area (Å²) in [7, 11) is 0. The fourth-order valence-electron chi connectivity index (χ4n) is 3.07. The van der Waals surface area contributed by atoms with Gasteiger partial charge in [-0.25, -0.2) is 4.39 Å². The van der Waals surface area contributed by atoms with Crippen molar-refractivity contribution in [3.8, 4) is 0 Å². The van der Waals surface area contributed by atoms with E-state index in [1.54, 1.807) is 24.0 Å². The van der Waals surface area contributed by atoms with E-state index in [9.17, 15) is 14.3 Å². The zero-order chi connectivity index (χ0) is 17.1. The van der Waals surface area contributed by atoms with Crippen molar-refractivity contribution >= 4 is 5.91 Å². The summed E-state index contributed by atoms with van der Waals surface area (Å²) in [4.78, 5) is 18.3. The van der Waals surface area contributed by atoms with Gasteiger partial charge in [0.2, 0.25) is 11.8 Å². The van der Waals surface area contributed by atoms with Gasteiger partial charge in [-0.2, -0.15) is 4.98 Å². The molecule has 7 heteroatoms. The molecule has 0 aliphatic carbocycles. The van der Waals surface area contributed by atoms with Crippen LogP contribution >= 0.6 is 0 Å². The SMILES string of the molecule is Cc1noc(CCCC(=O)N2C[C@H](O)C[C@H]2c2ccc(F)cc2)n1. The standard InChI is InChI=1S/C17H20FN3O3/c1-11-19-16(24-20-11)3-2-4-17(23)21-10-14(22)9-15(21)12-5-7-13(18)8-6-12/h5-8,14-15,22H,2-4,9-10H2,1H3/t14-,15+/m1/s1. The molecule has 1 aromatic heterocycles. The van der Waals surface area contributed by atoms with Crippen LogP contribution in [0, 0.1) is 12.7 Å². The van der Waals surface area contributed by atoms with E-state index in [0.29, 0.717) is 43.9 Å². The number of likely N-dealkylation sites (tertiary alicyclic amines) is 1. The molecule has 2 heterocycles. The molecular formula is C17H20FN3O3. The number of aliphatic hydroxyl groups is 1. The maximum absolute atomic E-state index is 13.1. The van der Waals surface area contributed by atoms with E-state index in [0.717, 1.165) is 5.56 Å². The molecule has 3 rings (SSSR count). The first-order chi connectivity index (χ1) is 11.5. The van der Waals surface area contributed by atoms with Crippen molar-refractivity contribution in [3.05, 3.63) is 47.4 Å². The number of hydrogen-bond donors (Lipinski definition) is 1. The largest absolute Gasteiger partial charge is 0.391 e. The maximum atomic E-state index is 13.1. The number of amides is 1. The van der Waals surface area contributed by atoms with Crippen LogP contribution in [0.3, 0.4) is 0 Å². The molecule has 2 atom stereocenters. The van der Waals surface area contributed by atoms with E-state index in [1.807, 2.05) is 0 Å². The Kier molecular flexibility index (Phi) is 4.89. The number of hydrogen-bond acceptors (Lipinski definition) is 5. The number of β-amino-alcohol motifs (C(OH)–C–C–N with tert-alkyl or cyclic N) is 1. The van der Waals surface area contributed by atoms with Gasteiger partial charge in [0, 0.05) is 19.4 Å². The smallest absolute Gasteiger partial charge is 0.226 e. The molecule has 1 aliphatic heterocycles. The predicted molar refractivity (Wildman–Crippen MR) is 83.5 cm³/mol. The zero-order valence-electron chi connectivity index (χ0n) is 13.5. The highest BCUT2D eigenvalue weighted by atomic mass is 19.1. The lowest BCUT2D eigenvalue weighted by molar-refractivity contribution is -0.132. The van der Waals surface area contributed by atoms with Crippen LogP contribution in [0.5, 0.6) is 0 Å². The number of aryl methyl sites for hydroxylation is 2. The quantitative estimate of drug-likeness (QED) is 0.907. The highest BCUT2D eigenvalue weighted by Gasteiger charge is 2.34. The molecule has 2 aromatic rings. The van der Waals surface area contributed by atoms with E-state index in [-0.39, 0.29) is 17.8 Å². The first-order valence-corrected chi connectivity index (χ1v) is 8.05. The molecule has 6 nitrogen and oxygen atoms in total. The van der Waals surface area contributed by atoms with E-state index < -0.39 is 6.10 Å². The topological polar surface area (TPSA) is 79.5 Å². The minimum absolute atomic E-state index is 0.0305. The molecule has 1 N–H and O–H groups in total. The van der Waals surface area contributed by atoms with Gasteiger partial charge in [-0.3, -0.25) is 4.79 Å². The molecule has 0 spiro atoms. The van der Waals surface area contributed by atoms with Gasteiger partial charge in [0.25, 0.3) is 0 Å². The van der Waals surface area contributed by atoms with Crippen molar-refractivity contribution in [2.45, 2.75) is 44.8 Å². The van der Waals surface area contributed by atoms with Crippen LogP contribution < -0.4 is 0 Å². The molecule has 1 aliphatic rings. The Morgan fingerprint density at radius 3 is 2.83 bits per heavy atom. The van der Waals surface area contributed by atoms with Crippen LogP contribution in [0.15, 0.2) is 28.8 Å². The van der Waals surface area contributed by atoms with Crippen LogP contribution in [0.4, 0.5) is 4.39 Å². The van der Waals surface area contributed by atoms with Crippen molar-refractivity contribution < 1.29 is 18.8 Å². The highest BCUT2D eigenvalue weighted by molar-refractivity contribution is 5.77. The average molecular weight is 333 g/mol. The summed E-state index contributed by atoms with van der Waals surface area (Å²) >= 11 is 0. The lowest BCUT2D eigenvalue weighted by Crippen LogP contribution is -2.31. The monoisotopic (exact) mass is 333 g/mol. The van der Waals surface area contributed by atoms with Crippen molar-refractivity contribution in [2.75, 3.05) is 6.54 Å². The molecule has 1 amide bonds. The molecule has 0 radical (unpaired) electrons. The summed E-state index contributed by atoms with van der Waals surface area (Å²) in [6, 6.07) is 5.87. The molecule has 1 aromatic carbocycles. The van der Waals surface area contributed by atoms with Crippen LogP contribution in [-0.2, 0) is 11.2 Å². The normalized spacial score (nSPS) is 20.5. The number of halogens is 1. The number of nitrogens with zero attached hydrogens (tertiary/aromatic N) is 3. The number of aromatic nitrogens is 2. The van der Waals surface area contributed by atoms with E-state index >= 15 is 0 Å². The van der Waals surface area contributed by atoms with Gasteiger partial charge < -0.3 is 14.5 Å². The highest BCUT2D eigenvalue weighted by Crippen LogP contribution is 2.33. The first kappa shape index (κ1) is 16.6. The molecule has 0 saturated carbocycles. The fourth-order valence-corrected chi connectivity index (χ4v) is 3.07. The Morgan fingerprint density at radius 2 is 2.17 bits per heavy atom. The van der Waals surface area contributed by atoms with Crippen molar-refractivity contribution in [1.29, 1.82) is 0 Å². The molecule has 1 saturated heterocycles. The van der Waals surface area contributed by atoms with Crippen molar-refractivity contribution in [2.24, 2.45) is 0 Å². The van der Waals surface area contributed by atoms with Gasteiger partial charge in [0.1, 0.15) is 5.82 Å². The minimum Gasteiger partial charge on any atom is -0.391 e. The second-order valence-electron chi connectivity index (χ2n) is 6.09. The van der Waals surface area contributed by atoms with Crippen LogP contribution in [0.1, 0.15) is 42.6 Å². The van der Waals surface area contributed by atoms with Gasteiger partial charge >= 0.3 is 0 Å². The van der Waals surface area contributed by atoms with Gasteiger partial charge in [-0.1, -0.05) is 17.3 Å². The Bertz CT molecular complexity index is 701. The minimum atomic E-state index is -0.553. The molecule has 1 fully saturated rings. The van der Waals surface area contributed by atoms with Crippen LogP contribution in [-0.4, -0.2) is 38.7 Å². The fraction of sp³-hybridized carbons (Fsp3) is 0.471. The van der Waals surface area contributed by atoms with E-state index in [4.69, 9.17) is 4.52 Å². The summed E-state index contributed by atoms with van der Waals surface area (Å²) in [5.41, 5.74) is 0.842. The van der Waals surface area contributed by atoms with Gasteiger partial charge in [0.15, 0.2) is 5.82 Å². The first-order valence-electron chi connectivity index (χ1n) is 8.05. The predicted octanol–water partition coefficient (Wildman–Crippen LogP) is 2.17. The molecule has 24 heavy (non-hydrogen) atoms. The van der Waals surface area contributed by atoms with Gasteiger partial charge in [0.05, 0.1) is 12.1 Å². The Balaban J connectivity index is 1.60. The Hall–Kier alpha value is -2.28. The molecule has 0 bridgehead atoms. The van der Waals surface area contributed by atoms with E-state index in [1.165, 1.54) is 12.1 Å². The second kappa shape index (κ2) is 7.09. The number of rotatable bonds is 5. The summed E-state index contributed by atoms with van der Waals surface area (Å²) in [6.45, 7) is 2.05. The summed E-state index contributed by atoms with van der Waals surface area (Å²) < 4.78 is 18.1. The van der Waals surface area contributed by atoms with Crippen molar-refractivity contribution in [1.82, 2.24) is 15.0 Å². The lowest BCUT2D eigenvalue weighted by atomic mass is 10.0. The third-order valence-electron chi connectivity index (χ3n) is 4.21.